The molecule has 31 heavy (non-hydrogen) atoms. The fraction of sp³-hybridized carbons (Fsp3) is 0.333. The first kappa shape index (κ1) is 21.4. The minimum atomic E-state index is -0.395. The third-order valence-electron chi connectivity index (χ3n) is 4.89. The van der Waals surface area contributed by atoms with E-state index in [1.165, 1.54) is 27.7 Å². The summed E-state index contributed by atoms with van der Waals surface area (Å²) in [6.45, 7) is 2.41. The summed E-state index contributed by atoms with van der Waals surface area (Å²) in [6, 6.07) is 9.56. The van der Waals surface area contributed by atoms with Gasteiger partial charge in [-0.05, 0) is 37.3 Å². The van der Waals surface area contributed by atoms with Gasteiger partial charge >= 0.3 is 11.7 Å². The molecule has 2 heterocycles. The van der Waals surface area contributed by atoms with Gasteiger partial charge in [-0.3, -0.25) is 9.36 Å². The maximum absolute atomic E-state index is 12.6. The van der Waals surface area contributed by atoms with Crippen LogP contribution in [0.3, 0.4) is 0 Å². The number of carbonyl (C=O) groups excluding carboxylic acids is 2. The van der Waals surface area contributed by atoms with Crippen molar-refractivity contribution >= 4 is 40.0 Å². The molecule has 1 aromatic carbocycles. The van der Waals surface area contributed by atoms with Crippen molar-refractivity contribution in [2.75, 3.05) is 17.7 Å². The number of aryl methyl sites for hydroxylation is 1. The van der Waals surface area contributed by atoms with Crippen LogP contribution in [0.15, 0.2) is 40.3 Å². The van der Waals surface area contributed by atoms with E-state index in [1.807, 2.05) is 30.3 Å². The summed E-state index contributed by atoms with van der Waals surface area (Å²) in [6.07, 6.45) is 2.75. The molecular weight excluding hydrogens is 436 g/mol. The van der Waals surface area contributed by atoms with Gasteiger partial charge in [0.1, 0.15) is 5.00 Å². The highest BCUT2D eigenvalue weighted by atomic mass is 32.2. The predicted octanol–water partition coefficient (Wildman–Crippen LogP) is 3.08. The van der Waals surface area contributed by atoms with E-state index in [-0.39, 0.29) is 24.0 Å². The number of ether oxygens (including phenoxy) is 1. The molecule has 8 nitrogen and oxygen atoms in total. The molecule has 3 aromatic rings. The first-order chi connectivity index (χ1) is 15.1. The maximum atomic E-state index is 12.6. The quantitative estimate of drug-likeness (QED) is 0.397. The van der Waals surface area contributed by atoms with Crippen molar-refractivity contribution in [2.24, 2.45) is 0 Å². The number of aromatic nitrogens is 3. The van der Waals surface area contributed by atoms with Crippen molar-refractivity contribution < 1.29 is 14.3 Å². The van der Waals surface area contributed by atoms with E-state index < -0.39 is 5.97 Å². The fourth-order valence-corrected chi connectivity index (χ4v) is 5.56. The molecule has 0 aliphatic heterocycles. The highest BCUT2D eigenvalue weighted by Gasteiger charge is 2.28. The Kier molecular flexibility index (Phi) is 6.57. The Morgan fingerprint density at radius 1 is 1.29 bits per heavy atom. The Balaban J connectivity index is 1.44. The average molecular weight is 459 g/mol. The zero-order valence-corrected chi connectivity index (χ0v) is 18.6. The van der Waals surface area contributed by atoms with E-state index in [0.717, 1.165) is 35.3 Å². The summed E-state index contributed by atoms with van der Waals surface area (Å²) < 4.78 is 6.69. The number of nitrogens with zero attached hydrogens (tertiary/aromatic N) is 2. The van der Waals surface area contributed by atoms with Crippen LogP contribution in [-0.2, 0) is 28.9 Å². The monoisotopic (exact) mass is 458 g/mol. The summed E-state index contributed by atoms with van der Waals surface area (Å²) in [5.74, 6) is -0.602. The molecule has 0 saturated carbocycles. The molecule has 0 bridgehead atoms. The van der Waals surface area contributed by atoms with Crippen LogP contribution in [0.1, 0.15) is 39.7 Å². The van der Waals surface area contributed by atoms with Gasteiger partial charge in [0, 0.05) is 4.88 Å². The van der Waals surface area contributed by atoms with Crippen LogP contribution in [0.2, 0.25) is 0 Å². The number of anilines is 1. The lowest BCUT2D eigenvalue weighted by Gasteiger charge is -2.08. The summed E-state index contributed by atoms with van der Waals surface area (Å²) in [5, 5.41) is 10.3. The van der Waals surface area contributed by atoms with Crippen LogP contribution in [0.25, 0.3) is 0 Å². The van der Waals surface area contributed by atoms with Gasteiger partial charge in [0.15, 0.2) is 5.16 Å². The number of fused-ring (bicyclic) bond motifs is 1. The first-order valence-electron chi connectivity index (χ1n) is 10.00. The van der Waals surface area contributed by atoms with Gasteiger partial charge in [-0.25, -0.2) is 14.7 Å². The predicted molar refractivity (Wildman–Crippen MR) is 120 cm³/mol. The zero-order chi connectivity index (χ0) is 21.8. The van der Waals surface area contributed by atoms with Gasteiger partial charge in [0.2, 0.25) is 5.91 Å². The van der Waals surface area contributed by atoms with Crippen LogP contribution >= 0.6 is 23.1 Å². The molecule has 0 spiro atoms. The van der Waals surface area contributed by atoms with Crippen molar-refractivity contribution in [3.63, 3.8) is 0 Å². The van der Waals surface area contributed by atoms with Gasteiger partial charge in [0.05, 0.1) is 24.5 Å². The van der Waals surface area contributed by atoms with Crippen molar-refractivity contribution in [1.82, 2.24) is 14.8 Å². The largest absolute Gasteiger partial charge is 0.462 e. The molecule has 1 amide bonds. The summed E-state index contributed by atoms with van der Waals surface area (Å²) in [5.41, 5.74) is 2.12. The first-order valence-corrected chi connectivity index (χ1v) is 11.8. The number of nitrogens with one attached hydrogen (secondary N) is 2. The van der Waals surface area contributed by atoms with Gasteiger partial charge < -0.3 is 10.1 Å². The second-order valence-corrected chi connectivity index (χ2v) is 9.05. The highest BCUT2D eigenvalue weighted by molar-refractivity contribution is 7.99. The lowest BCUT2D eigenvalue weighted by Crippen LogP contribution is -2.20. The SMILES string of the molecule is CCOC(=O)c1c(NC(=O)CSc2n[nH]c(=O)n2Cc2ccccc2)sc2c1CCC2. The minimum absolute atomic E-state index is 0.0594. The summed E-state index contributed by atoms with van der Waals surface area (Å²) in [7, 11) is 0. The van der Waals surface area contributed by atoms with Gasteiger partial charge in [-0.15, -0.1) is 16.4 Å². The third-order valence-corrected chi connectivity index (χ3v) is 7.08. The van der Waals surface area contributed by atoms with Crippen LogP contribution in [-0.4, -0.2) is 39.0 Å². The number of hydrogen-bond acceptors (Lipinski definition) is 7. The van der Waals surface area contributed by atoms with Gasteiger partial charge in [0.25, 0.3) is 0 Å². The van der Waals surface area contributed by atoms with Crippen molar-refractivity contribution in [3.05, 3.63) is 62.4 Å². The molecule has 0 radical (unpaired) electrons. The topological polar surface area (TPSA) is 106 Å². The van der Waals surface area contributed by atoms with Crippen molar-refractivity contribution in [2.45, 2.75) is 37.9 Å². The number of aromatic amines is 1. The fourth-order valence-electron chi connectivity index (χ4n) is 3.52. The second-order valence-electron chi connectivity index (χ2n) is 7.00. The molecule has 0 unspecified atom stereocenters. The van der Waals surface area contributed by atoms with Crippen molar-refractivity contribution in [3.8, 4) is 0 Å². The molecule has 0 fully saturated rings. The normalized spacial score (nSPS) is 12.5. The Morgan fingerprint density at radius 2 is 2.10 bits per heavy atom. The standard InChI is InChI=1S/C21H22N4O4S2/c1-2-29-19(27)17-14-9-6-10-15(14)31-18(17)22-16(26)12-30-21-24-23-20(28)25(21)11-13-7-4-3-5-8-13/h3-5,7-8H,2,6,9-12H2,1H3,(H,22,26)(H,23,28). The van der Waals surface area contributed by atoms with Crippen LogP contribution in [0.4, 0.5) is 5.00 Å². The minimum Gasteiger partial charge on any atom is -0.462 e. The molecule has 0 atom stereocenters. The lowest BCUT2D eigenvalue weighted by atomic mass is 10.1. The van der Waals surface area contributed by atoms with Gasteiger partial charge in [-0.2, -0.15) is 0 Å². The number of esters is 1. The average Bonchev–Trinajstić information content (AvgIpc) is 3.43. The van der Waals surface area contributed by atoms with E-state index in [9.17, 15) is 14.4 Å². The summed E-state index contributed by atoms with van der Waals surface area (Å²) >= 11 is 2.61. The lowest BCUT2D eigenvalue weighted by molar-refractivity contribution is -0.113. The Labute approximate surface area is 187 Å². The Morgan fingerprint density at radius 3 is 2.87 bits per heavy atom. The molecule has 2 aromatic heterocycles. The molecule has 0 saturated heterocycles. The van der Waals surface area contributed by atoms with Crippen LogP contribution < -0.4 is 11.0 Å². The van der Waals surface area contributed by atoms with E-state index in [1.54, 1.807) is 6.92 Å². The van der Waals surface area contributed by atoms with Gasteiger partial charge in [-0.1, -0.05) is 42.1 Å². The van der Waals surface area contributed by atoms with Crippen LogP contribution in [0.5, 0.6) is 0 Å². The number of thiophene rings is 1. The molecule has 162 valence electrons. The van der Waals surface area contributed by atoms with E-state index in [0.29, 0.717) is 22.3 Å². The summed E-state index contributed by atoms with van der Waals surface area (Å²) in [4.78, 5) is 38.3. The zero-order valence-electron chi connectivity index (χ0n) is 17.0. The number of rotatable bonds is 8. The number of benzene rings is 1. The number of hydrogen-bond donors (Lipinski definition) is 2. The number of H-pyrrole nitrogens is 1. The molecule has 4 rings (SSSR count). The van der Waals surface area contributed by atoms with Crippen LogP contribution in [0, 0.1) is 0 Å². The number of amides is 1. The van der Waals surface area contributed by atoms with Crippen molar-refractivity contribution in [1.29, 1.82) is 0 Å². The van der Waals surface area contributed by atoms with E-state index >= 15 is 0 Å². The smallest absolute Gasteiger partial charge is 0.344 e. The maximum Gasteiger partial charge on any atom is 0.344 e. The van der Waals surface area contributed by atoms with E-state index in [4.69, 9.17) is 4.74 Å². The third kappa shape index (κ3) is 4.75. The molecule has 2 N–H and O–H groups in total. The second kappa shape index (κ2) is 9.52. The number of carbonyl (C=O) groups is 2. The molecule has 1 aliphatic carbocycles. The highest BCUT2D eigenvalue weighted by Crippen LogP contribution is 2.39. The molecule has 1 aliphatic rings. The number of thioether (sulfide) groups is 1. The molecular formula is C21H22N4O4S2. The Hall–Kier alpha value is -2.85. The molecule has 10 heteroatoms. The van der Waals surface area contributed by atoms with E-state index in [2.05, 4.69) is 15.5 Å². The Bertz CT molecular complexity index is 1150.